The Kier molecular flexibility index (Phi) is 6.77. The van der Waals surface area contributed by atoms with Crippen molar-refractivity contribution in [3.8, 4) is 0 Å². The van der Waals surface area contributed by atoms with Gasteiger partial charge in [0, 0.05) is 43.8 Å². The molecule has 0 saturated heterocycles. The first kappa shape index (κ1) is 15.9. The number of aryl methyl sites for hydroxylation is 1. The number of nitrogens with zero attached hydrogens (tertiary/aromatic N) is 3. The summed E-state index contributed by atoms with van der Waals surface area (Å²) in [5.41, 5.74) is 0. The predicted octanol–water partition coefficient (Wildman–Crippen LogP) is 1.58. The van der Waals surface area contributed by atoms with Gasteiger partial charge in [0.2, 0.25) is 0 Å². The number of nitrogens with one attached hydrogen (secondary N) is 2. The summed E-state index contributed by atoms with van der Waals surface area (Å²) in [7, 11) is 1.80. The van der Waals surface area contributed by atoms with Gasteiger partial charge in [-0.2, -0.15) is 16.9 Å². The van der Waals surface area contributed by atoms with E-state index in [9.17, 15) is 0 Å². The topological polar surface area (TPSA) is 54.2 Å². The van der Waals surface area contributed by atoms with Gasteiger partial charge in [0.05, 0.1) is 0 Å². The lowest BCUT2D eigenvalue weighted by molar-refractivity contribution is 0.568. The number of aliphatic imine (C=N–C) groups is 1. The molecule has 1 rings (SSSR count). The summed E-state index contributed by atoms with van der Waals surface area (Å²) in [4.78, 5) is 4.22. The summed E-state index contributed by atoms with van der Waals surface area (Å²) in [6.07, 6.45) is 6.93. The molecular weight excluding hydrogens is 258 g/mol. The van der Waals surface area contributed by atoms with E-state index in [0.29, 0.717) is 0 Å². The Morgan fingerprint density at radius 3 is 2.79 bits per heavy atom. The highest BCUT2D eigenvalue weighted by Crippen LogP contribution is 2.19. The van der Waals surface area contributed by atoms with Crippen molar-refractivity contribution in [1.29, 1.82) is 0 Å². The maximum atomic E-state index is 4.22. The van der Waals surface area contributed by atoms with Gasteiger partial charge in [-0.3, -0.25) is 9.67 Å². The third-order valence-electron chi connectivity index (χ3n) is 2.87. The minimum absolute atomic E-state index is 0.215. The lowest BCUT2D eigenvalue weighted by Gasteiger charge is -2.23. The third-order valence-corrected chi connectivity index (χ3v) is 4.12. The lowest BCUT2D eigenvalue weighted by Crippen LogP contribution is -2.43. The van der Waals surface area contributed by atoms with Crippen LogP contribution in [-0.2, 0) is 6.54 Å². The molecule has 108 valence electrons. The number of guanidine groups is 1. The van der Waals surface area contributed by atoms with E-state index < -0.39 is 0 Å². The fourth-order valence-electron chi connectivity index (χ4n) is 1.47. The van der Waals surface area contributed by atoms with Gasteiger partial charge in [-0.15, -0.1) is 0 Å². The van der Waals surface area contributed by atoms with Crippen LogP contribution in [0, 0.1) is 0 Å². The van der Waals surface area contributed by atoms with Crippen LogP contribution in [0.4, 0.5) is 0 Å². The van der Waals surface area contributed by atoms with Crippen molar-refractivity contribution in [3.05, 3.63) is 18.5 Å². The molecule has 0 aliphatic heterocycles. The van der Waals surface area contributed by atoms with Gasteiger partial charge in [-0.05, 0) is 32.6 Å². The molecule has 0 aliphatic carbocycles. The van der Waals surface area contributed by atoms with Gasteiger partial charge in [0.1, 0.15) is 0 Å². The van der Waals surface area contributed by atoms with Crippen molar-refractivity contribution in [2.75, 3.05) is 26.4 Å². The normalized spacial score (nSPS) is 12.5. The molecule has 0 fully saturated rings. The minimum Gasteiger partial charge on any atom is -0.356 e. The van der Waals surface area contributed by atoms with Crippen LogP contribution in [0.3, 0.4) is 0 Å². The third kappa shape index (κ3) is 6.52. The Hall–Kier alpha value is -1.17. The van der Waals surface area contributed by atoms with Crippen molar-refractivity contribution in [2.24, 2.45) is 4.99 Å². The number of rotatable bonds is 7. The van der Waals surface area contributed by atoms with Crippen molar-refractivity contribution >= 4 is 17.7 Å². The summed E-state index contributed by atoms with van der Waals surface area (Å²) < 4.78 is 2.15. The molecule has 6 heteroatoms. The van der Waals surface area contributed by atoms with E-state index in [2.05, 4.69) is 40.8 Å². The molecule has 5 nitrogen and oxygen atoms in total. The Labute approximate surface area is 120 Å². The van der Waals surface area contributed by atoms with Crippen LogP contribution in [0.2, 0.25) is 0 Å². The fourth-order valence-corrected chi connectivity index (χ4v) is 1.69. The molecular formula is C13H25N5S. The Bertz CT molecular complexity index is 372. The molecule has 0 aliphatic rings. The Balaban J connectivity index is 2.19. The van der Waals surface area contributed by atoms with E-state index in [1.54, 1.807) is 13.2 Å². The van der Waals surface area contributed by atoms with Gasteiger partial charge < -0.3 is 10.6 Å². The van der Waals surface area contributed by atoms with Crippen molar-refractivity contribution < 1.29 is 0 Å². The molecule has 19 heavy (non-hydrogen) atoms. The molecule has 1 aromatic heterocycles. The highest BCUT2D eigenvalue weighted by atomic mass is 32.2. The van der Waals surface area contributed by atoms with Gasteiger partial charge in [0.15, 0.2) is 5.96 Å². The van der Waals surface area contributed by atoms with Crippen LogP contribution in [0.15, 0.2) is 23.5 Å². The van der Waals surface area contributed by atoms with Crippen LogP contribution < -0.4 is 10.6 Å². The average Bonchev–Trinajstić information content (AvgIpc) is 2.91. The van der Waals surface area contributed by atoms with E-state index >= 15 is 0 Å². The number of aromatic nitrogens is 2. The zero-order valence-corrected chi connectivity index (χ0v) is 13.1. The van der Waals surface area contributed by atoms with E-state index in [-0.39, 0.29) is 4.75 Å². The highest BCUT2D eigenvalue weighted by molar-refractivity contribution is 7.99. The number of hydrogen-bond donors (Lipinski definition) is 2. The van der Waals surface area contributed by atoms with Gasteiger partial charge in [-0.25, -0.2) is 0 Å². The summed E-state index contributed by atoms with van der Waals surface area (Å²) >= 11 is 1.85. The van der Waals surface area contributed by atoms with Crippen LogP contribution in [0.25, 0.3) is 0 Å². The number of hydrogen-bond acceptors (Lipinski definition) is 3. The standard InChI is InChI=1S/C13H25N5S/c1-13(2,19-4)11-16-12(14-3)15-7-5-9-18-10-6-8-17-18/h6,8,10H,5,7,9,11H2,1-4H3,(H2,14,15,16). The molecule has 1 aromatic rings. The SMILES string of the molecule is CN=C(NCCCn1cccn1)NCC(C)(C)SC. The van der Waals surface area contributed by atoms with Gasteiger partial charge in [-0.1, -0.05) is 0 Å². The molecule has 0 spiro atoms. The Morgan fingerprint density at radius 1 is 1.42 bits per heavy atom. The number of thioether (sulfide) groups is 1. The second-order valence-corrected chi connectivity index (χ2v) is 6.45. The molecule has 0 aromatic carbocycles. The molecule has 0 radical (unpaired) electrons. The second kappa shape index (κ2) is 8.09. The van der Waals surface area contributed by atoms with Crippen LogP contribution in [-0.4, -0.2) is 46.9 Å². The van der Waals surface area contributed by atoms with Gasteiger partial charge in [0.25, 0.3) is 0 Å². The monoisotopic (exact) mass is 283 g/mol. The summed E-state index contributed by atoms with van der Waals surface area (Å²) in [6.45, 7) is 7.14. The summed E-state index contributed by atoms with van der Waals surface area (Å²) in [6, 6.07) is 1.94. The van der Waals surface area contributed by atoms with Gasteiger partial charge >= 0.3 is 0 Å². The first-order valence-electron chi connectivity index (χ1n) is 6.54. The quantitative estimate of drug-likeness (QED) is 0.453. The molecule has 0 amide bonds. The van der Waals surface area contributed by atoms with Crippen LogP contribution in [0.1, 0.15) is 20.3 Å². The Morgan fingerprint density at radius 2 is 2.21 bits per heavy atom. The highest BCUT2D eigenvalue weighted by Gasteiger charge is 2.15. The van der Waals surface area contributed by atoms with E-state index in [0.717, 1.165) is 32.0 Å². The van der Waals surface area contributed by atoms with Crippen molar-refractivity contribution in [2.45, 2.75) is 31.6 Å². The maximum Gasteiger partial charge on any atom is 0.191 e. The smallest absolute Gasteiger partial charge is 0.191 e. The van der Waals surface area contributed by atoms with Crippen molar-refractivity contribution in [1.82, 2.24) is 20.4 Å². The molecule has 1 heterocycles. The molecule has 0 saturated carbocycles. The maximum absolute atomic E-state index is 4.22. The summed E-state index contributed by atoms with van der Waals surface area (Å²) in [5, 5.41) is 10.8. The molecule has 0 atom stereocenters. The second-order valence-electron chi connectivity index (χ2n) is 4.94. The van der Waals surface area contributed by atoms with E-state index in [4.69, 9.17) is 0 Å². The first-order valence-corrected chi connectivity index (χ1v) is 7.77. The molecule has 2 N–H and O–H groups in total. The summed E-state index contributed by atoms with van der Waals surface area (Å²) in [5.74, 6) is 0.864. The largest absolute Gasteiger partial charge is 0.356 e. The predicted molar refractivity (Wildman–Crippen MR) is 83.8 cm³/mol. The van der Waals surface area contributed by atoms with Crippen LogP contribution >= 0.6 is 11.8 Å². The van der Waals surface area contributed by atoms with E-state index in [1.807, 2.05) is 28.7 Å². The lowest BCUT2D eigenvalue weighted by atomic mass is 10.2. The molecule has 0 bridgehead atoms. The average molecular weight is 283 g/mol. The zero-order valence-electron chi connectivity index (χ0n) is 12.3. The zero-order chi connectivity index (χ0) is 14.1. The minimum atomic E-state index is 0.215. The van der Waals surface area contributed by atoms with Crippen LogP contribution in [0.5, 0.6) is 0 Å². The van der Waals surface area contributed by atoms with E-state index in [1.165, 1.54) is 0 Å². The first-order chi connectivity index (χ1) is 9.07. The molecule has 0 unspecified atom stereocenters. The fraction of sp³-hybridized carbons (Fsp3) is 0.692. The van der Waals surface area contributed by atoms with Crippen molar-refractivity contribution in [3.63, 3.8) is 0 Å².